The third-order valence-corrected chi connectivity index (χ3v) is 3.97. The lowest BCUT2D eigenvalue weighted by Gasteiger charge is -2.23. The third-order valence-electron chi connectivity index (χ3n) is 2.75. The molecule has 0 amide bonds. The first kappa shape index (κ1) is 13.1. The average Bonchev–Trinajstić information content (AvgIpc) is 2.69. The molecule has 1 atom stereocenters. The number of carbonyl (C=O) groups is 1. The van der Waals surface area contributed by atoms with Crippen LogP contribution in [0.2, 0.25) is 0 Å². The zero-order chi connectivity index (χ0) is 12.3. The summed E-state index contributed by atoms with van der Waals surface area (Å²) >= 11 is 1.48. The highest BCUT2D eigenvalue weighted by molar-refractivity contribution is 7.12. The lowest BCUT2D eigenvalue weighted by atomic mass is 10.1. The van der Waals surface area contributed by atoms with Crippen LogP contribution in [0, 0.1) is 6.92 Å². The van der Waals surface area contributed by atoms with E-state index in [0.717, 1.165) is 16.3 Å². The Morgan fingerprint density at radius 2 is 2.12 bits per heavy atom. The van der Waals surface area contributed by atoms with Gasteiger partial charge in [0.1, 0.15) is 10.6 Å². The average molecular weight is 243 g/mol. The van der Waals surface area contributed by atoms with Gasteiger partial charge in [0, 0.05) is 12.0 Å². The summed E-state index contributed by atoms with van der Waals surface area (Å²) in [4.78, 5) is 16.6. The van der Waals surface area contributed by atoms with Crippen LogP contribution in [-0.4, -0.2) is 25.2 Å². The van der Waals surface area contributed by atoms with Crippen LogP contribution < -0.4 is 0 Å². The van der Waals surface area contributed by atoms with Crippen molar-refractivity contribution in [2.75, 3.05) is 14.2 Å². The van der Waals surface area contributed by atoms with Crippen LogP contribution in [0.4, 0.5) is 0 Å². The molecule has 16 heavy (non-hydrogen) atoms. The van der Waals surface area contributed by atoms with Gasteiger partial charge in [-0.1, -0.05) is 6.92 Å². The lowest BCUT2D eigenvalue weighted by Crippen LogP contribution is -2.23. The second kappa shape index (κ2) is 4.93. The minimum absolute atomic E-state index is 0.388. The number of carbonyl (C=O) groups excluding carboxylic acids is 1. The van der Waals surface area contributed by atoms with Crippen molar-refractivity contribution in [1.82, 2.24) is 4.98 Å². The number of aryl methyl sites for hydroxylation is 1. The molecule has 0 N–H and O–H groups in total. The Kier molecular flexibility index (Phi) is 4.04. The maximum Gasteiger partial charge on any atom is 0.357 e. The van der Waals surface area contributed by atoms with E-state index in [9.17, 15) is 4.79 Å². The number of ether oxygens (including phenoxy) is 2. The van der Waals surface area contributed by atoms with Gasteiger partial charge in [0.15, 0.2) is 5.69 Å². The van der Waals surface area contributed by atoms with Gasteiger partial charge in [-0.25, -0.2) is 9.78 Å². The molecule has 1 rings (SSSR count). The predicted octanol–water partition coefficient (Wildman–Crippen LogP) is 2.51. The molecular weight excluding hydrogens is 226 g/mol. The molecule has 0 aromatic carbocycles. The van der Waals surface area contributed by atoms with E-state index in [1.165, 1.54) is 18.4 Å². The Morgan fingerprint density at radius 1 is 1.50 bits per heavy atom. The summed E-state index contributed by atoms with van der Waals surface area (Å²) in [5.74, 6) is -0.394. The maximum atomic E-state index is 11.4. The lowest BCUT2D eigenvalue weighted by molar-refractivity contribution is -0.00171. The summed E-state index contributed by atoms with van der Waals surface area (Å²) < 4.78 is 10.1. The zero-order valence-corrected chi connectivity index (χ0v) is 11.1. The van der Waals surface area contributed by atoms with Gasteiger partial charge < -0.3 is 9.47 Å². The number of hydrogen-bond acceptors (Lipinski definition) is 5. The van der Waals surface area contributed by atoms with E-state index in [2.05, 4.69) is 9.72 Å². The van der Waals surface area contributed by atoms with Crippen molar-refractivity contribution in [3.05, 3.63) is 15.6 Å². The first-order valence-corrected chi connectivity index (χ1v) is 5.91. The van der Waals surface area contributed by atoms with E-state index in [1.807, 2.05) is 20.8 Å². The molecule has 90 valence electrons. The van der Waals surface area contributed by atoms with Crippen molar-refractivity contribution >= 4 is 17.3 Å². The largest absolute Gasteiger partial charge is 0.464 e. The van der Waals surface area contributed by atoms with Crippen molar-refractivity contribution < 1.29 is 14.3 Å². The van der Waals surface area contributed by atoms with Crippen molar-refractivity contribution in [2.45, 2.75) is 32.8 Å². The number of nitrogens with zero attached hydrogens (tertiary/aromatic N) is 1. The van der Waals surface area contributed by atoms with Gasteiger partial charge in [0.2, 0.25) is 0 Å². The minimum Gasteiger partial charge on any atom is -0.464 e. The molecule has 0 bridgehead atoms. The normalized spacial score (nSPS) is 14.6. The number of rotatable bonds is 4. The summed E-state index contributed by atoms with van der Waals surface area (Å²) in [6, 6.07) is 0. The number of thiazole rings is 1. The van der Waals surface area contributed by atoms with E-state index in [4.69, 9.17) is 4.74 Å². The fraction of sp³-hybridized carbons (Fsp3) is 0.636. The van der Waals surface area contributed by atoms with Crippen molar-refractivity contribution in [2.24, 2.45) is 0 Å². The predicted molar refractivity (Wildman–Crippen MR) is 62.8 cm³/mol. The van der Waals surface area contributed by atoms with Crippen LogP contribution in [0.3, 0.4) is 0 Å². The molecule has 1 heterocycles. The fourth-order valence-corrected chi connectivity index (χ4v) is 2.39. The highest BCUT2D eigenvalue weighted by Crippen LogP contribution is 2.33. The standard InChI is InChI=1S/C11H17NO3S/c1-6-11(3,15-5)10-12-8(7(2)16-10)9(13)14-4/h6H2,1-5H3. The van der Waals surface area contributed by atoms with Gasteiger partial charge in [-0.15, -0.1) is 11.3 Å². The van der Waals surface area contributed by atoms with Crippen LogP contribution >= 0.6 is 11.3 Å². The number of aromatic nitrogens is 1. The second-order valence-corrected chi connectivity index (χ2v) is 4.91. The Labute approximate surface area is 99.6 Å². The van der Waals surface area contributed by atoms with Gasteiger partial charge in [-0.3, -0.25) is 0 Å². The molecule has 0 saturated carbocycles. The molecule has 1 unspecified atom stereocenters. The SMILES string of the molecule is CCC(C)(OC)c1nc(C(=O)OC)c(C)s1. The van der Waals surface area contributed by atoms with Gasteiger partial charge in [0.25, 0.3) is 0 Å². The molecule has 0 spiro atoms. The number of esters is 1. The monoisotopic (exact) mass is 243 g/mol. The summed E-state index contributed by atoms with van der Waals surface area (Å²) in [5, 5.41) is 0.815. The minimum atomic E-state index is -0.429. The second-order valence-electron chi connectivity index (χ2n) is 3.70. The molecule has 0 aliphatic carbocycles. The Balaban J connectivity index is 3.14. The van der Waals surface area contributed by atoms with Crippen LogP contribution in [0.5, 0.6) is 0 Å². The molecule has 0 aliphatic heterocycles. The van der Waals surface area contributed by atoms with Crippen molar-refractivity contribution in [1.29, 1.82) is 0 Å². The molecular formula is C11H17NO3S. The quantitative estimate of drug-likeness (QED) is 0.762. The zero-order valence-electron chi connectivity index (χ0n) is 10.3. The van der Waals surface area contributed by atoms with Gasteiger partial charge in [0.05, 0.1) is 7.11 Å². The summed E-state index contributed by atoms with van der Waals surface area (Å²) in [6.45, 7) is 5.85. The molecule has 0 fully saturated rings. The van der Waals surface area contributed by atoms with Crippen molar-refractivity contribution in [3.63, 3.8) is 0 Å². The van der Waals surface area contributed by atoms with Crippen LogP contribution in [0.1, 0.15) is 40.6 Å². The topological polar surface area (TPSA) is 48.4 Å². The number of methoxy groups -OCH3 is 2. The highest BCUT2D eigenvalue weighted by atomic mass is 32.1. The van der Waals surface area contributed by atoms with Crippen LogP contribution in [-0.2, 0) is 15.1 Å². The molecule has 0 aliphatic rings. The molecule has 4 nitrogen and oxygen atoms in total. The smallest absolute Gasteiger partial charge is 0.357 e. The Hall–Kier alpha value is -0.940. The van der Waals surface area contributed by atoms with Crippen molar-refractivity contribution in [3.8, 4) is 0 Å². The van der Waals surface area contributed by atoms with E-state index in [1.54, 1.807) is 7.11 Å². The third kappa shape index (κ3) is 2.25. The summed E-state index contributed by atoms with van der Waals surface area (Å²) in [7, 11) is 3.01. The Bertz CT molecular complexity index is 383. The molecule has 5 heteroatoms. The Morgan fingerprint density at radius 3 is 2.56 bits per heavy atom. The first-order valence-electron chi connectivity index (χ1n) is 5.09. The van der Waals surface area contributed by atoms with E-state index < -0.39 is 11.6 Å². The van der Waals surface area contributed by atoms with E-state index in [0.29, 0.717) is 5.69 Å². The van der Waals surface area contributed by atoms with Gasteiger partial charge in [-0.2, -0.15) is 0 Å². The highest BCUT2D eigenvalue weighted by Gasteiger charge is 2.30. The van der Waals surface area contributed by atoms with Crippen LogP contribution in [0.25, 0.3) is 0 Å². The first-order chi connectivity index (χ1) is 7.48. The van der Waals surface area contributed by atoms with E-state index in [-0.39, 0.29) is 0 Å². The van der Waals surface area contributed by atoms with Gasteiger partial charge in [-0.05, 0) is 20.3 Å². The van der Waals surface area contributed by atoms with Gasteiger partial charge >= 0.3 is 5.97 Å². The summed E-state index contributed by atoms with van der Waals surface area (Å²) in [6.07, 6.45) is 0.803. The molecule has 1 aromatic rings. The summed E-state index contributed by atoms with van der Waals surface area (Å²) in [5.41, 5.74) is -0.0407. The molecule has 0 saturated heterocycles. The molecule has 0 radical (unpaired) electrons. The molecule has 1 aromatic heterocycles. The maximum absolute atomic E-state index is 11.4. The van der Waals surface area contributed by atoms with Crippen LogP contribution in [0.15, 0.2) is 0 Å². The van der Waals surface area contributed by atoms with E-state index >= 15 is 0 Å². The number of hydrogen-bond donors (Lipinski definition) is 0. The fourth-order valence-electron chi connectivity index (χ4n) is 1.29.